The number of hydrogen-bond acceptors (Lipinski definition) is 6. The Kier molecular flexibility index (Phi) is 6.95. The zero-order valence-corrected chi connectivity index (χ0v) is 20.5. The first-order chi connectivity index (χ1) is 18.0. The molecule has 186 valence electrons. The van der Waals surface area contributed by atoms with Crippen LogP contribution in [-0.4, -0.2) is 42.1 Å². The minimum atomic E-state index is -1.12. The maximum absolute atomic E-state index is 13.4. The number of para-hydroxylation sites is 2. The van der Waals surface area contributed by atoms with Crippen LogP contribution in [0.1, 0.15) is 30.1 Å². The molecule has 1 N–H and O–H groups in total. The molecule has 0 radical (unpaired) electrons. The Morgan fingerprint density at radius 3 is 2.14 bits per heavy atom. The van der Waals surface area contributed by atoms with Crippen molar-refractivity contribution in [2.45, 2.75) is 18.9 Å². The van der Waals surface area contributed by atoms with E-state index in [1.165, 1.54) is 12.1 Å². The molecule has 7 nitrogen and oxygen atoms in total. The van der Waals surface area contributed by atoms with Gasteiger partial charge in [-0.25, -0.2) is 14.4 Å². The van der Waals surface area contributed by atoms with E-state index in [1.54, 1.807) is 12.1 Å². The van der Waals surface area contributed by atoms with Gasteiger partial charge in [-0.2, -0.15) is 5.26 Å². The monoisotopic (exact) mass is 494 g/mol. The highest BCUT2D eigenvalue weighted by atomic mass is 19.1. The third kappa shape index (κ3) is 5.21. The highest BCUT2D eigenvalue weighted by molar-refractivity contribution is 5.89. The summed E-state index contributed by atoms with van der Waals surface area (Å²) in [7, 11) is 0. The van der Waals surface area contributed by atoms with Gasteiger partial charge in [0.15, 0.2) is 11.7 Å². The van der Waals surface area contributed by atoms with Crippen molar-refractivity contribution >= 4 is 28.4 Å². The molecule has 2 heterocycles. The van der Waals surface area contributed by atoms with Gasteiger partial charge in [-0.3, -0.25) is 4.79 Å². The third-order valence-corrected chi connectivity index (χ3v) is 6.67. The summed E-state index contributed by atoms with van der Waals surface area (Å²) in [5.74, 6) is -1.24. The van der Waals surface area contributed by atoms with Gasteiger partial charge in [-0.15, -0.1) is 0 Å². The average Bonchev–Trinajstić information content (AvgIpc) is 2.94. The van der Waals surface area contributed by atoms with Crippen molar-refractivity contribution in [3.8, 4) is 6.07 Å². The highest BCUT2D eigenvalue weighted by Gasteiger charge is 2.31. The predicted octanol–water partition coefficient (Wildman–Crippen LogP) is 4.58. The molecule has 2 atom stereocenters. The zero-order valence-electron chi connectivity index (χ0n) is 20.5. The number of piperazine rings is 1. The van der Waals surface area contributed by atoms with Crippen molar-refractivity contribution in [1.82, 2.24) is 15.3 Å². The van der Waals surface area contributed by atoms with Gasteiger partial charge in [0.25, 0.3) is 0 Å². The lowest BCUT2D eigenvalue weighted by Gasteiger charge is -2.37. The molecule has 0 saturated carbocycles. The Labute approximate surface area is 215 Å². The van der Waals surface area contributed by atoms with Crippen molar-refractivity contribution in [1.29, 1.82) is 5.26 Å². The zero-order chi connectivity index (χ0) is 25.8. The van der Waals surface area contributed by atoms with Gasteiger partial charge >= 0.3 is 0 Å². The molecule has 4 aromatic rings. The molecule has 1 saturated heterocycles. The number of aromatic nitrogens is 2. The number of amides is 1. The number of carbonyl (C=O) groups excluding carboxylic acids is 1. The van der Waals surface area contributed by atoms with Crippen LogP contribution in [0.5, 0.6) is 0 Å². The van der Waals surface area contributed by atoms with Gasteiger partial charge in [0, 0.05) is 31.9 Å². The van der Waals surface area contributed by atoms with Gasteiger partial charge in [-0.05, 0) is 48.9 Å². The second kappa shape index (κ2) is 10.6. The first kappa shape index (κ1) is 24.2. The van der Waals surface area contributed by atoms with E-state index < -0.39 is 11.8 Å². The summed E-state index contributed by atoms with van der Waals surface area (Å²) in [4.78, 5) is 27.2. The second-order valence-corrected chi connectivity index (χ2v) is 9.07. The predicted molar refractivity (Wildman–Crippen MR) is 142 cm³/mol. The van der Waals surface area contributed by atoms with Crippen LogP contribution >= 0.6 is 0 Å². The van der Waals surface area contributed by atoms with Gasteiger partial charge in [-0.1, -0.05) is 42.5 Å². The van der Waals surface area contributed by atoms with Crippen LogP contribution in [0.4, 0.5) is 15.9 Å². The van der Waals surface area contributed by atoms with E-state index in [2.05, 4.69) is 21.2 Å². The molecule has 1 aromatic heterocycles. The molecular formula is C29H27FN6O. The number of nitrogens with one attached hydrogen (secondary N) is 1. The van der Waals surface area contributed by atoms with Crippen LogP contribution in [0.3, 0.4) is 0 Å². The Morgan fingerprint density at radius 2 is 1.49 bits per heavy atom. The summed E-state index contributed by atoms with van der Waals surface area (Å²) in [6.45, 7) is 4.51. The van der Waals surface area contributed by atoms with E-state index in [0.717, 1.165) is 11.3 Å². The molecule has 1 amide bonds. The minimum absolute atomic E-state index is 0.263. The first-order valence-corrected chi connectivity index (χ1v) is 12.3. The lowest BCUT2D eigenvalue weighted by molar-refractivity contribution is -0.122. The van der Waals surface area contributed by atoms with Crippen molar-refractivity contribution in [2.24, 2.45) is 0 Å². The quantitative estimate of drug-likeness (QED) is 0.422. The number of carbonyl (C=O) groups is 1. The maximum Gasteiger partial charge on any atom is 0.244 e. The van der Waals surface area contributed by atoms with Crippen LogP contribution < -0.4 is 15.1 Å². The number of nitrogens with zero attached hydrogens (tertiary/aromatic N) is 5. The molecule has 0 spiro atoms. The first-order valence-electron chi connectivity index (χ1n) is 12.3. The summed E-state index contributed by atoms with van der Waals surface area (Å²) in [5, 5.41) is 13.1. The number of halogens is 1. The molecule has 2 unspecified atom stereocenters. The SMILES string of the molecule is CC(NC(=O)C(C#N)c1nc2ccccc2nc1N1CCN(c2ccc(F)cc2)CC1)c1ccccc1. The molecule has 8 heteroatoms. The number of fused-ring (bicyclic) bond motifs is 1. The molecule has 5 rings (SSSR count). The summed E-state index contributed by atoms with van der Waals surface area (Å²) < 4.78 is 13.4. The van der Waals surface area contributed by atoms with E-state index in [9.17, 15) is 14.4 Å². The molecule has 0 aliphatic carbocycles. The molecule has 0 bridgehead atoms. The molecule has 1 fully saturated rings. The largest absolute Gasteiger partial charge is 0.368 e. The van der Waals surface area contributed by atoms with Crippen molar-refractivity contribution in [3.63, 3.8) is 0 Å². The summed E-state index contributed by atoms with van der Waals surface area (Å²) in [6, 6.07) is 25.5. The van der Waals surface area contributed by atoms with E-state index >= 15 is 0 Å². The summed E-state index contributed by atoms with van der Waals surface area (Å²) >= 11 is 0. The number of anilines is 2. The molecule has 1 aliphatic heterocycles. The minimum Gasteiger partial charge on any atom is -0.368 e. The number of benzene rings is 3. The molecular weight excluding hydrogens is 467 g/mol. The van der Waals surface area contributed by atoms with Crippen LogP contribution in [0, 0.1) is 17.1 Å². The Balaban J connectivity index is 1.42. The fourth-order valence-corrected chi connectivity index (χ4v) is 4.62. The number of hydrogen-bond donors (Lipinski definition) is 1. The van der Waals surface area contributed by atoms with Crippen molar-refractivity contribution < 1.29 is 9.18 Å². The fraction of sp³-hybridized carbons (Fsp3) is 0.241. The lowest BCUT2D eigenvalue weighted by atomic mass is 10.0. The smallest absolute Gasteiger partial charge is 0.244 e. The molecule has 1 aliphatic rings. The second-order valence-electron chi connectivity index (χ2n) is 9.07. The van der Waals surface area contributed by atoms with Crippen molar-refractivity contribution in [3.05, 3.63) is 95.9 Å². The van der Waals surface area contributed by atoms with Crippen LogP contribution in [0.25, 0.3) is 11.0 Å². The van der Waals surface area contributed by atoms with Crippen LogP contribution in [0.15, 0.2) is 78.9 Å². The highest BCUT2D eigenvalue weighted by Crippen LogP contribution is 2.29. The molecule has 3 aromatic carbocycles. The number of rotatable bonds is 6. The van der Waals surface area contributed by atoms with Gasteiger partial charge in [0.2, 0.25) is 5.91 Å². The summed E-state index contributed by atoms with van der Waals surface area (Å²) in [6.07, 6.45) is 0. The summed E-state index contributed by atoms with van der Waals surface area (Å²) in [5.41, 5.74) is 3.60. The average molecular weight is 495 g/mol. The Hall–Kier alpha value is -4.51. The normalized spacial score (nSPS) is 15.2. The lowest BCUT2D eigenvalue weighted by Crippen LogP contribution is -2.47. The van der Waals surface area contributed by atoms with Gasteiger partial charge in [0.1, 0.15) is 11.5 Å². The van der Waals surface area contributed by atoms with Crippen molar-refractivity contribution in [2.75, 3.05) is 36.0 Å². The third-order valence-electron chi connectivity index (χ3n) is 6.67. The van der Waals surface area contributed by atoms with E-state index in [1.807, 2.05) is 61.5 Å². The van der Waals surface area contributed by atoms with Crippen LogP contribution in [0.2, 0.25) is 0 Å². The van der Waals surface area contributed by atoms with E-state index in [-0.39, 0.29) is 11.9 Å². The van der Waals surface area contributed by atoms with Crippen LogP contribution in [-0.2, 0) is 4.79 Å². The Morgan fingerprint density at radius 1 is 0.892 bits per heavy atom. The standard InChI is InChI=1S/C29H27FN6O/c1-20(21-7-3-2-4-8-21)32-29(37)24(19-31)27-28(34-26-10-6-5-9-25(26)33-27)36-17-15-35(16-18-36)23-13-11-22(30)12-14-23/h2-14,20,24H,15-18H2,1H3,(H,32,37). The number of nitriles is 1. The molecule has 37 heavy (non-hydrogen) atoms. The van der Waals surface area contributed by atoms with E-state index in [0.29, 0.717) is 48.7 Å². The topological polar surface area (TPSA) is 85.1 Å². The fourth-order valence-electron chi connectivity index (χ4n) is 4.62. The Bertz CT molecular complexity index is 1430. The van der Waals surface area contributed by atoms with Gasteiger partial charge < -0.3 is 15.1 Å². The maximum atomic E-state index is 13.4. The van der Waals surface area contributed by atoms with Gasteiger partial charge in [0.05, 0.1) is 23.1 Å². The van der Waals surface area contributed by atoms with E-state index in [4.69, 9.17) is 9.97 Å².